The number of hydrogen-bond acceptors (Lipinski definition) is 3. The molecular formula is C14H28O2S. The Hall–Kier alpha value is -0.700. The molecule has 0 fully saturated rings. The molecule has 0 radical (unpaired) electrons. The Morgan fingerprint density at radius 3 is 1.29 bits per heavy atom. The summed E-state index contributed by atoms with van der Waals surface area (Å²) in [6, 6.07) is 0. The Labute approximate surface area is 111 Å². The summed E-state index contributed by atoms with van der Waals surface area (Å²) < 4.78 is 10.9. The summed E-state index contributed by atoms with van der Waals surface area (Å²) >= 11 is 1.74. The van der Waals surface area contributed by atoms with Crippen LogP contribution in [-0.4, -0.2) is 13.2 Å². The largest absolute Gasteiger partial charge is 0.485 e. The number of thiophene rings is 1. The Balaban J connectivity index is 0. The van der Waals surface area contributed by atoms with Gasteiger partial charge in [0.15, 0.2) is 11.5 Å². The third-order valence-corrected chi connectivity index (χ3v) is 2.71. The highest BCUT2D eigenvalue weighted by molar-refractivity contribution is 7.12. The van der Waals surface area contributed by atoms with Gasteiger partial charge >= 0.3 is 0 Å². The van der Waals surface area contributed by atoms with Crippen LogP contribution >= 0.6 is 11.3 Å². The van der Waals surface area contributed by atoms with E-state index in [9.17, 15) is 0 Å². The molecular weight excluding hydrogens is 232 g/mol. The fourth-order valence-electron chi connectivity index (χ4n) is 1.26. The Morgan fingerprint density at radius 1 is 0.706 bits per heavy atom. The van der Waals surface area contributed by atoms with Gasteiger partial charge in [0.05, 0.1) is 0 Å². The number of ether oxygens (including phenoxy) is 2. The lowest BCUT2D eigenvalue weighted by Gasteiger charge is -2.15. The molecule has 1 aliphatic rings. The van der Waals surface area contributed by atoms with Crippen LogP contribution in [0, 0.1) is 13.8 Å². The molecule has 0 spiro atoms. The van der Waals surface area contributed by atoms with E-state index in [1.807, 2.05) is 41.5 Å². The van der Waals surface area contributed by atoms with E-state index < -0.39 is 0 Å². The molecule has 0 unspecified atom stereocenters. The van der Waals surface area contributed by atoms with Crippen molar-refractivity contribution < 1.29 is 9.47 Å². The molecule has 0 atom stereocenters. The van der Waals surface area contributed by atoms with Crippen LogP contribution in [-0.2, 0) is 0 Å². The van der Waals surface area contributed by atoms with Crippen molar-refractivity contribution in [3.8, 4) is 11.5 Å². The molecule has 0 amide bonds. The Kier molecular flexibility index (Phi) is 12.9. The van der Waals surface area contributed by atoms with Gasteiger partial charge in [0, 0.05) is 9.75 Å². The highest BCUT2D eigenvalue weighted by Gasteiger charge is 2.19. The zero-order chi connectivity index (χ0) is 13.8. The molecule has 1 aliphatic heterocycles. The standard InChI is InChI=1S/C8H10O2S.3C2H6/c1-5-7-8(6(2)11-5)10-4-3-9-7;3*1-2/h3-4H2,1-2H3;3*1-2H3. The molecule has 2 nitrogen and oxygen atoms in total. The van der Waals surface area contributed by atoms with Gasteiger partial charge in [-0.2, -0.15) is 0 Å². The van der Waals surface area contributed by atoms with Crippen LogP contribution in [0.15, 0.2) is 0 Å². The lowest BCUT2D eigenvalue weighted by Crippen LogP contribution is -2.14. The van der Waals surface area contributed by atoms with E-state index in [1.54, 1.807) is 11.3 Å². The van der Waals surface area contributed by atoms with Gasteiger partial charge in [-0.1, -0.05) is 41.5 Å². The molecule has 0 saturated heterocycles. The summed E-state index contributed by atoms with van der Waals surface area (Å²) in [5, 5.41) is 0. The van der Waals surface area contributed by atoms with Gasteiger partial charge in [0.2, 0.25) is 0 Å². The SMILES string of the molecule is CC.CC.CC.Cc1sc(C)c2c1OCCO2. The van der Waals surface area contributed by atoms with E-state index in [-0.39, 0.29) is 0 Å². The molecule has 0 saturated carbocycles. The second-order valence-corrected chi connectivity index (χ2v) is 4.00. The Morgan fingerprint density at radius 2 is 1.00 bits per heavy atom. The first-order chi connectivity index (χ1) is 8.29. The molecule has 1 aromatic heterocycles. The second-order valence-electron chi connectivity index (χ2n) is 2.57. The predicted molar refractivity (Wildman–Crippen MR) is 78.8 cm³/mol. The maximum absolute atomic E-state index is 5.46. The second kappa shape index (κ2) is 11.8. The van der Waals surface area contributed by atoms with Crippen LogP contribution in [0.4, 0.5) is 0 Å². The molecule has 102 valence electrons. The molecule has 2 heterocycles. The lowest BCUT2D eigenvalue weighted by atomic mass is 10.3. The van der Waals surface area contributed by atoms with Crippen LogP contribution in [0.25, 0.3) is 0 Å². The minimum Gasteiger partial charge on any atom is -0.485 e. The van der Waals surface area contributed by atoms with Crippen molar-refractivity contribution in [1.82, 2.24) is 0 Å². The maximum Gasteiger partial charge on any atom is 0.175 e. The van der Waals surface area contributed by atoms with Crippen molar-refractivity contribution in [3.05, 3.63) is 9.75 Å². The average molecular weight is 260 g/mol. The van der Waals surface area contributed by atoms with Crippen LogP contribution < -0.4 is 9.47 Å². The van der Waals surface area contributed by atoms with Crippen molar-refractivity contribution in [2.45, 2.75) is 55.4 Å². The number of rotatable bonds is 0. The summed E-state index contributed by atoms with van der Waals surface area (Å²) in [5.41, 5.74) is 0. The van der Waals surface area contributed by atoms with Gasteiger partial charge in [0.1, 0.15) is 13.2 Å². The van der Waals surface area contributed by atoms with E-state index in [4.69, 9.17) is 9.47 Å². The summed E-state index contributed by atoms with van der Waals surface area (Å²) in [7, 11) is 0. The predicted octanol–water partition coefficient (Wildman–Crippen LogP) is 5.21. The summed E-state index contributed by atoms with van der Waals surface area (Å²) in [5.74, 6) is 1.91. The quantitative estimate of drug-likeness (QED) is 0.637. The minimum atomic E-state index is 0.685. The molecule has 2 rings (SSSR count). The van der Waals surface area contributed by atoms with E-state index in [0.29, 0.717) is 13.2 Å². The third-order valence-electron chi connectivity index (χ3n) is 1.73. The molecule has 0 aromatic carbocycles. The number of hydrogen-bond donors (Lipinski definition) is 0. The third kappa shape index (κ3) is 5.44. The van der Waals surface area contributed by atoms with Gasteiger partial charge in [-0.3, -0.25) is 0 Å². The zero-order valence-corrected chi connectivity index (χ0v) is 13.5. The Bertz CT molecular complexity index is 253. The fraction of sp³-hybridized carbons (Fsp3) is 0.714. The zero-order valence-electron chi connectivity index (χ0n) is 12.6. The van der Waals surface area contributed by atoms with Crippen LogP contribution in [0.5, 0.6) is 11.5 Å². The van der Waals surface area contributed by atoms with E-state index >= 15 is 0 Å². The smallest absolute Gasteiger partial charge is 0.175 e. The molecule has 0 bridgehead atoms. The van der Waals surface area contributed by atoms with E-state index in [1.165, 1.54) is 9.75 Å². The van der Waals surface area contributed by atoms with Crippen LogP contribution in [0.2, 0.25) is 0 Å². The molecule has 0 N–H and O–H groups in total. The van der Waals surface area contributed by atoms with Crippen molar-refractivity contribution in [3.63, 3.8) is 0 Å². The monoisotopic (exact) mass is 260 g/mol. The van der Waals surface area contributed by atoms with Crippen molar-refractivity contribution in [1.29, 1.82) is 0 Å². The average Bonchev–Trinajstić information content (AvgIpc) is 2.73. The fourth-order valence-corrected chi connectivity index (χ4v) is 2.21. The van der Waals surface area contributed by atoms with Crippen molar-refractivity contribution in [2.75, 3.05) is 13.2 Å². The number of fused-ring (bicyclic) bond motifs is 1. The highest BCUT2D eigenvalue weighted by Crippen LogP contribution is 2.42. The first-order valence-corrected chi connectivity index (χ1v) is 7.46. The first kappa shape index (κ1) is 18.7. The highest BCUT2D eigenvalue weighted by atomic mass is 32.1. The van der Waals surface area contributed by atoms with Crippen molar-refractivity contribution in [2.24, 2.45) is 0 Å². The minimum absolute atomic E-state index is 0.685. The molecule has 3 heteroatoms. The van der Waals surface area contributed by atoms with Crippen LogP contribution in [0.3, 0.4) is 0 Å². The van der Waals surface area contributed by atoms with Gasteiger partial charge in [-0.15, -0.1) is 11.3 Å². The molecule has 17 heavy (non-hydrogen) atoms. The van der Waals surface area contributed by atoms with Gasteiger partial charge in [-0.25, -0.2) is 0 Å². The maximum atomic E-state index is 5.46. The normalized spacial score (nSPS) is 10.8. The topological polar surface area (TPSA) is 18.5 Å². The summed E-state index contributed by atoms with van der Waals surface area (Å²) in [6.07, 6.45) is 0. The van der Waals surface area contributed by atoms with Gasteiger partial charge in [0.25, 0.3) is 0 Å². The molecule has 0 aliphatic carbocycles. The van der Waals surface area contributed by atoms with Crippen LogP contribution in [0.1, 0.15) is 51.3 Å². The van der Waals surface area contributed by atoms with Gasteiger partial charge < -0.3 is 9.47 Å². The van der Waals surface area contributed by atoms with Gasteiger partial charge in [-0.05, 0) is 13.8 Å². The summed E-state index contributed by atoms with van der Waals surface area (Å²) in [4.78, 5) is 2.44. The van der Waals surface area contributed by atoms with Crippen molar-refractivity contribution >= 4 is 11.3 Å². The lowest BCUT2D eigenvalue weighted by molar-refractivity contribution is 0.171. The van der Waals surface area contributed by atoms with E-state index in [2.05, 4.69) is 13.8 Å². The molecule has 1 aromatic rings. The first-order valence-electron chi connectivity index (χ1n) is 6.64. The number of aryl methyl sites for hydroxylation is 2. The summed E-state index contributed by atoms with van der Waals surface area (Å²) in [6.45, 7) is 17.5. The van der Waals surface area contributed by atoms with E-state index in [0.717, 1.165) is 11.5 Å².